The number of aromatic nitrogens is 4. The van der Waals surface area contributed by atoms with Crippen LogP contribution in [0.2, 0.25) is 5.04 Å². The molecule has 3 heterocycles. The van der Waals surface area contributed by atoms with Gasteiger partial charge in [-0.05, 0) is 27.5 Å². The lowest BCUT2D eigenvalue weighted by Gasteiger charge is -2.43. The standard InChI is InChI=1S/C36H40N6O6Si/c1-36(2,3)49(26-16-10-6-11-17-26,27-18-12-7-13-19-27)47-22-28-30(43)31(45-20-21-46-37-4)35(48-28)42-24-40-29-32(38-23-39-33(29)42)41-34(44)25-14-8-5-9-15-25/h5-19,23-24,28,30-31,35,43H,4,20-22H2,1-3H3,(H,38,39,41,44)/t28-,30-,31-,35-/m1/s1. The summed E-state index contributed by atoms with van der Waals surface area (Å²) in [5.74, 6) is -0.0917. The Morgan fingerprint density at radius 3 is 2.20 bits per heavy atom. The Morgan fingerprint density at radius 2 is 1.59 bits per heavy atom. The molecule has 5 aromatic rings. The number of aliphatic hydroxyl groups excluding tert-OH is 1. The molecule has 254 valence electrons. The van der Waals surface area contributed by atoms with E-state index in [1.165, 1.54) is 6.33 Å². The highest BCUT2D eigenvalue weighted by atomic mass is 28.4. The van der Waals surface area contributed by atoms with E-state index in [0.29, 0.717) is 16.7 Å². The van der Waals surface area contributed by atoms with Crippen molar-refractivity contribution < 1.29 is 28.6 Å². The maximum absolute atomic E-state index is 12.9. The number of rotatable bonds is 13. The van der Waals surface area contributed by atoms with E-state index in [0.717, 1.165) is 10.4 Å². The van der Waals surface area contributed by atoms with E-state index in [4.69, 9.17) is 18.7 Å². The summed E-state index contributed by atoms with van der Waals surface area (Å²) in [5.41, 5.74) is 1.22. The third-order valence-electron chi connectivity index (χ3n) is 8.67. The predicted octanol–water partition coefficient (Wildman–Crippen LogP) is 3.93. The van der Waals surface area contributed by atoms with Crippen molar-refractivity contribution in [1.82, 2.24) is 19.5 Å². The van der Waals surface area contributed by atoms with E-state index in [2.05, 4.69) is 77.2 Å². The molecule has 2 N–H and O–H groups in total. The first kappa shape index (κ1) is 34.1. The molecule has 49 heavy (non-hydrogen) atoms. The Bertz CT molecular complexity index is 1810. The molecule has 1 saturated heterocycles. The van der Waals surface area contributed by atoms with E-state index in [9.17, 15) is 9.90 Å². The molecule has 12 nitrogen and oxygen atoms in total. The second-order valence-electron chi connectivity index (χ2n) is 12.7. The van der Waals surface area contributed by atoms with E-state index in [1.807, 2.05) is 42.5 Å². The highest BCUT2D eigenvalue weighted by Gasteiger charge is 2.53. The number of amides is 1. The molecule has 2 aromatic heterocycles. The molecule has 0 saturated carbocycles. The number of imidazole rings is 1. The first-order valence-electron chi connectivity index (χ1n) is 16.1. The Labute approximate surface area is 285 Å². The maximum Gasteiger partial charge on any atom is 0.261 e. The van der Waals surface area contributed by atoms with Crippen molar-refractivity contribution >= 4 is 48.3 Å². The molecule has 0 bridgehead atoms. The number of nitrogens with zero attached hydrogens (tertiary/aromatic N) is 5. The molecule has 0 spiro atoms. The van der Waals surface area contributed by atoms with Gasteiger partial charge >= 0.3 is 0 Å². The second-order valence-corrected chi connectivity index (χ2v) is 17.0. The van der Waals surface area contributed by atoms with Crippen molar-refractivity contribution in [2.45, 2.75) is 50.3 Å². The molecular formula is C36H40N6O6Si. The Kier molecular flexibility index (Phi) is 10.3. The predicted molar refractivity (Wildman–Crippen MR) is 188 cm³/mol. The molecule has 0 aliphatic carbocycles. The molecule has 1 aliphatic heterocycles. The lowest BCUT2D eigenvalue weighted by atomic mass is 10.1. The summed E-state index contributed by atoms with van der Waals surface area (Å²) < 4.78 is 21.5. The quantitative estimate of drug-likeness (QED) is 0.0819. The van der Waals surface area contributed by atoms with E-state index >= 15 is 0 Å². The van der Waals surface area contributed by atoms with Crippen LogP contribution >= 0.6 is 0 Å². The van der Waals surface area contributed by atoms with Gasteiger partial charge in [0.2, 0.25) is 0 Å². The summed E-state index contributed by atoms with van der Waals surface area (Å²) in [7, 11) is -2.94. The van der Waals surface area contributed by atoms with Crippen molar-refractivity contribution in [3.63, 3.8) is 0 Å². The first-order valence-corrected chi connectivity index (χ1v) is 18.0. The molecular weight excluding hydrogens is 641 g/mol. The van der Waals surface area contributed by atoms with Gasteiger partial charge < -0.3 is 29.2 Å². The molecule has 6 rings (SSSR count). The fourth-order valence-electron chi connectivity index (χ4n) is 6.41. The highest BCUT2D eigenvalue weighted by molar-refractivity contribution is 6.99. The number of anilines is 1. The zero-order chi connectivity index (χ0) is 34.4. The van der Waals surface area contributed by atoms with Crippen molar-refractivity contribution in [3.05, 3.63) is 109 Å². The van der Waals surface area contributed by atoms with Gasteiger partial charge in [0.25, 0.3) is 14.2 Å². The minimum atomic E-state index is -2.94. The fourth-order valence-corrected chi connectivity index (χ4v) is 11.0. The first-order chi connectivity index (χ1) is 23.7. The van der Waals surface area contributed by atoms with Crippen LogP contribution < -0.4 is 15.7 Å². The molecule has 1 aliphatic rings. The van der Waals surface area contributed by atoms with Crippen LogP contribution in [0, 0.1) is 0 Å². The third kappa shape index (κ3) is 6.89. The van der Waals surface area contributed by atoms with Crippen molar-refractivity contribution in [2.75, 3.05) is 25.1 Å². The average Bonchev–Trinajstić information content (AvgIpc) is 3.68. The number of nitrogens with one attached hydrogen (secondary N) is 1. The summed E-state index contributed by atoms with van der Waals surface area (Å²) in [6, 6.07) is 29.4. The van der Waals surface area contributed by atoms with Crippen molar-refractivity contribution in [2.24, 2.45) is 5.16 Å². The van der Waals surface area contributed by atoms with Crippen LogP contribution in [0.15, 0.2) is 109 Å². The zero-order valence-electron chi connectivity index (χ0n) is 27.7. The zero-order valence-corrected chi connectivity index (χ0v) is 28.7. The minimum absolute atomic E-state index is 0.0928. The minimum Gasteiger partial charge on any atom is -0.405 e. The lowest BCUT2D eigenvalue weighted by Crippen LogP contribution is -2.67. The number of hydrogen-bond acceptors (Lipinski definition) is 10. The number of fused-ring (bicyclic) bond motifs is 1. The summed E-state index contributed by atoms with van der Waals surface area (Å²) in [6.45, 7) is 10.3. The van der Waals surface area contributed by atoms with Crippen LogP contribution in [0.1, 0.15) is 37.4 Å². The number of aliphatic hydroxyl groups is 1. The van der Waals surface area contributed by atoms with Gasteiger partial charge in [0, 0.05) is 12.3 Å². The largest absolute Gasteiger partial charge is 0.405 e. The summed E-state index contributed by atoms with van der Waals surface area (Å²) in [5, 5.41) is 20.0. The smallest absolute Gasteiger partial charge is 0.261 e. The molecule has 0 radical (unpaired) electrons. The normalized spacial score (nSPS) is 19.5. The Balaban J connectivity index is 1.32. The molecule has 1 amide bonds. The SMILES string of the molecule is C=NOCCO[C@@H]1[C@H](O)[C@@H](CO[Si](c2ccccc2)(c2ccccc2)C(C)(C)C)O[C@H]1n1cnc2c(NC(=O)c3ccccc3)ncnc21. The van der Waals surface area contributed by atoms with Crippen LogP contribution in [-0.2, 0) is 18.7 Å². The van der Waals surface area contributed by atoms with Crippen LogP contribution in [0.5, 0.6) is 0 Å². The summed E-state index contributed by atoms with van der Waals surface area (Å²) in [4.78, 5) is 31.3. The highest BCUT2D eigenvalue weighted by Crippen LogP contribution is 2.39. The van der Waals surface area contributed by atoms with Gasteiger partial charge in [-0.1, -0.05) is 99.6 Å². The molecule has 0 unspecified atom stereocenters. The number of carbonyl (C=O) groups excluding carboxylic acids is 1. The van der Waals surface area contributed by atoms with Crippen LogP contribution in [0.25, 0.3) is 11.2 Å². The van der Waals surface area contributed by atoms with Gasteiger partial charge in [0.1, 0.15) is 31.2 Å². The third-order valence-corrected chi connectivity index (χ3v) is 13.7. The number of hydrogen-bond donors (Lipinski definition) is 2. The number of carbonyl (C=O) groups is 1. The number of ether oxygens (including phenoxy) is 2. The molecule has 4 atom stereocenters. The van der Waals surface area contributed by atoms with Crippen molar-refractivity contribution in [3.8, 4) is 0 Å². The van der Waals surface area contributed by atoms with E-state index < -0.39 is 32.9 Å². The number of oxime groups is 1. The van der Waals surface area contributed by atoms with Crippen LogP contribution in [0.4, 0.5) is 5.82 Å². The van der Waals surface area contributed by atoms with Gasteiger partial charge in [0.05, 0.1) is 19.5 Å². The maximum atomic E-state index is 12.9. The topological polar surface area (TPSA) is 142 Å². The van der Waals surface area contributed by atoms with Gasteiger partial charge in [-0.3, -0.25) is 9.36 Å². The molecule has 13 heteroatoms. The van der Waals surface area contributed by atoms with Gasteiger partial charge in [-0.2, -0.15) is 0 Å². The second kappa shape index (κ2) is 14.8. The molecule has 1 fully saturated rings. The molecule has 3 aromatic carbocycles. The summed E-state index contributed by atoms with van der Waals surface area (Å²) in [6.07, 6.45) is -0.676. The summed E-state index contributed by atoms with van der Waals surface area (Å²) >= 11 is 0. The van der Waals surface area contributed by atoms with Gasteiger partial charge in [0.15, 0.2) is 23.2 Å². The Morgan fingerprint density at radius 1 is 0.959 bits per heavy atom. The van der Waals surface area contributed by atoms with Crippen molar-refractivity contribution in [1.29, 1.82) is 0 Å². The Hall–Kier alpha value is -4.79. The average molecular weight is 681 g/mol. The van der Waals surface area contributed by atoms with Gasteiger partial charge in [-0.25, -0.2) is 15.0 Å². The lowest BCUT2D eigenvalue weighted by molar-refractivity contribution is -0.0806. The van der Waals surface area contributed by atoms with Crippen LogP contribution in [-0.4, -0.2) is 83.7 Å². The van der Waals surface area contributed by atoms with Gasteiger partial charge in [-0.15, -0.1) is 5.16 Å². The number of benzene rings is 3. The van der Waals surface area contributed by atoms with E-state index in [1.54, 1.807) is 35.2 Å². The van der Waals surface area contributed by atoms with Crippen LogP contribution in [0.3, 0.4) is 0 Å². The fraction of sp³-hybridized carbons (Fsp3) is 0.306. The van der Waals surface area contributed by atoms with E-state index in [-0.39, 0.29) is 36.6 Å². The monoisotopic (exact) mass is 680 g/mol.